The zero-order valence-electron chi connectivity index (χ0n) is 9.60. The maximum absolute atomic E-state index is 9.77. The Bertz CT molecular complexity index is 392. The summed E-state index contributed by atoms with van der Waals surface area (Å²) in [6, 6.07) is 3.36. The predicted molar refractivity (Wildman–Crippen MR) is 59.4 cm³/mol. The van der Waals surface area contributed by atoms with E-state index in [2.05, 4.69) is 0 Å². The fourth-order valence-corrected chi connectivity index (χ4v) is 2.15. The highest BCUT2D eigenvalue weighted by molar-refractivity contribution is 5.52. The number of hydroxylamine groups is 2. The molecule has 1 unspecified atom stereocenters. The van der Waals surface area contributed by atoms with Crippen LogP contribution in [0.3, 0.4) is 0 Å². The van der Waals surface area contributed by atoms with Gasteiger partial charge in [-0.2, -0.15) is 0 Å². The van der Waals surface area contributed by atoms with Crippen molar-refractivity contribution in [2.45, 2.75) is 39.2 Å². The van der Waals surface area contributed by atoms with Crippen LogP contribution in [0, 0.1) is 0 Å². The van der Waals surface area contributed by atoms with Crippen LogP contribution in [-0.4, -0.2) is 15.5 Å². The molecular weight excluding hydrogens is 206 g/mol. The van der Waals surface area contributed by atoms with Crippen LogP contribution >= 0.6 is 0 Å². The smallest absolute Gasteiger partial charge is 0.162 e. The maximum Gasteiger partial charge on any atom is 0.162 e. The van der Waals surface area contributed by atoms with Gasteiger partial charge in [-0.3, -0.25) is 5.21 Å². The molecule has 0 saturated heterocycles. The molecule has 1 heterocycles. The molecule has 1 aromatic rings. The van der Waals surface area contributed by atoms with Gasteiger partial charge >= 0.3 is 0 Å². The molecule has 0 amide bonds. The van der Waals surface area contributed by atoms with Gasteiger partial charge in [0.15, 0.2) is 5.75 Å². The number of nitrogens with zero attached hydrogens (tertiary/aromatic N) is 1. The molecule has 0 saturated carbocycles. The third kappa shape index (κ3) is 1.64. The van der Waals surface area contributed by atoms with E-state index in [-0.39, 0.29) is 11.8 Å². The lowest BCUT2D eigenvalue weighted by molar-refractivity contribution is -0.294. The highest BCUT2D eigenvalue weighted by atomic mass is 16.9. The Hall–Kier alpha value is -1.26. The third-order valence-corrected chi connectivity index (χ3v) is 2.96. The van der Waals surface area contributed by atoms with E-state index in [1.54, 1.807) is 6.07 Å². The summed E-state index contributed by atoms with van der Waals surface area (Å²) in [4.78, 5) is 5.30. The minimum Gasteiger partial charge on any atom is -0.508 e. The van der Waals surface area contributed by atoms with E-state index in [1.807, 2.05) is 19.9 Å². The molecule has 0 fully saturated rings. The molecule has 1 atom stereocenters. The zero-order valence-corrected chi connectivity index (χ0v) is 9.60. The Morgan fingerprint density at radius 3 is 2.75 bits per heavy atom. The molecule has 1 aliphatic heterocycles. The Morgan fingerprint density at radius 1 is 1.38 bits per heavy atom. The monoisotopic (exact) mass is 223 g/mol. The standard InChI is InChI=1S/C12H17NO3/c1-3-5-9-11(14)7-6-8-10(4-2)13(15)16-12(8)9/h6-7,10,14-15H,3-5H2,1-2H3. The van der Waals surface area contributed by atoms with Crippen molar-refractivity contribution in [2.24, 2.45) is 0 Å². The fraction of sp³-hybridized carbons (Fsp3) is 0.500. The second-order valence-corrected chi connectivity index (χ2v) is 4.05. The number of phenols is 1. The van der Waals surface area contributed by atoms with Crippen LogP contribution in [0.25, 0.3) is 0 Å². The topological polar surface area (TPSA) is 52.9 Å². The maximum atomic E-state index is 9.77. The average molecular weight is 223 g/mol. The number of rotatable bonds is 3. The first-order chi connectivity index (χ1) is 7.69. The summed E-state index contributed by atoms with van der Waals surface area (Å²) in [5, 5.41) is 20.3. The fourth-order valence-electron chi connectivity index (χ4n) is 2.15. The highest BCUT2D eigenvalue weighted by Crippen LogP contribution is 2.43. The van der Waals surface area contributed by atoms with Crippen molar-refractivity contribution >= 4 is 0 Å². The summed E-state index contributed by atoms with van der Waals surface area (Å²) in [5.74, 6) is 0.863. The van der Waals surface area contributed by atoms with Crippen molar-refractivity contribution in [2.75, 3.05) is 0 Å². The molecule has 1 aromatic carbocycles. The van der Waals surface area contributed by atoms with Crippen molar-refractivity contribution in [3.05, 3.63) is 23.3 Å². The van der Waals surface area contributed by atoms with Gasteiger partial charge in [0.2, 0.25) is 0 Å². The normalized spacial score (nSPS) is 19.6. The lowest BCUT2D eigenvalue weighted by Crippen LogP contribution is -2.21. The van der Waals surface area contributed by atoms with E-state index in [1.165, 1.54) is 0 Å². The number of benzene rings is 1. The first kappa shape index (κ1) is 11.2. The van der Waals surface area contributed by atoms with Gasteiger partial charge in [-0.05, 0) is 30.2 Å². The van der Waals surface area contributed by atoms with Crippen molar-refractivity contribution in [1.82, 2.24) is 5.23 Å². The van der Waals surface area contributed by atoms with E-state index in [9.17, 15) is 10.3 Å². The van der Waals surface area contributed by atoms with E-state index < -0.39 is 0 Å². The third-order valence-electron chi connectivity index (χ3n) is 2.96. The quantitative estimate of drug-likeness (QED) is 0.827. The van der Waals surface area contributed by atoms with Crippen LogP contribution in [0.4, 0.5) is 0 Å². The second kappa shape index (κ2) is 4.31. The van der Waals surface area contributed by atoms with Crippen molar-refractivity contribution in [3.8, 4) is 11.5 Å². The van der Waals surface area contributed by atoms with Crippen LogP contribution in [0.15, 0.2) is 12.1 Å². The molecule has 0 radical (unpaired) electrons. The van der Waals surface area contributed by atoms with Gasteiger partial charge in [0, 0.05) is 11.1 Å². The van der Waals surface area contributed by atoms with Crippen LogP contribution in [0.5, 0.6) is 11.5 Å². The average Bonchev–Trinajstić information content (AvgIpc) is 2.58. The second-order valence-electron chi connectivity index (χ2n) is 4.05. The van der Waals surface area contributed by atoms with Gasteiger partial charge < -0.3 is 9.94 Å². The molecule has 1 aliphatic rings. The largest absolute Gasteiger partial charge is 0.508 e. The van der Waals surface area contributed by atoms with Crippen molar-refractivity contribution < 1.29 is 15.2 Å². The lowest BCUT2D eigenvalue weighted by atomic mass is 9.99. The Morgan fingerprint density at radius 2 is 2.12 bits per heavy atom. The molecule has 0 aliphatic carbocycles. The van der Waals surface area contributed by atoms with Crippen LogP contribution in [0.2, 0.25) is 0 Å². The van der Waals surface area contributed by atoms with E-state index in [0.717, 1.165) is 35.6 Å². The van der Waals surface area contributed by atoms with Gasteiger partial charge in [-0.25, -0.2) is 0 Å². The summed E-state index contributed by atoms with van der Waals surface area (Å²) < 4.78 is 0. The molecule has 16 heavy (non-hydrogen) atoms. The highest BCUT2D eigenvalue weighted by Gasteiger charge is 2.33. The summed E-state index contributed by atoms with van der Waals surface area (Å²) in [6.07, 6.45) is 2.44. The van der Waals surface area contributed by atoms with Crippen molar-refractivity contribution in [1.29, 1.82) is 0 Å². The van der Waals surface area contributed by atoms with Gasteiger partial charge in [-0.1, -0.05) is 20.3 Å². The number of hydrogen-bond acceptors (Lipinski definition) is 4. The van der Waals surface area contributed by atoms with Gasteiger partial charge in [0.05, 0.1) is 0 Å². The van der Waals surface area contributed by atoms with Gasteiger partial charge in [-0.15, -0.1) is 0 Å². The minimum absolute atomic E-state index is 0.133. The summed E-state index contributed by atoms with van der Waals surface area (Å²) in [6.45, 7) is 4.03. The molecule has 0 bridgehead atoms. The minimum atomic E-state index is -0.133. The molecule has 2 N–H and O–H groups in total. The number of phenolic OH excluding ortho intramolecular Hbond substituents is 1. The molecule has 4 heteroatoms. The molecule has 0 aromatic heterocycles. The SMILES string of the molecule is CCCc1c(O)ccc2c1ON(O)C2CC. The molecule has 4 nitrogen and oxygen atoms in total. The number of aromatic hydroxyl groups is 1. The lowest BCUT2D eigenvalue weighted by Gasteiger charge is -2.12. The predicted octanol–water partition coefficient (Wildman–Crippen LogP) is 2.79. The number of fused-ring (bicyclic) bond motifs is 1. The van der Waals surface area contributed by atoms with Crippen LogP contribution in [0.1, 0.15) is 43.9 Å². The number of hydrogen-bond donors (Lipinski definition) is 2. The van der Waals surface area contributed by atoms with E-state index in [4.69, 9.17) is 4.84 Å². The molecular formula is C12H17NO3. The Balaban J connectivity index is 2.46. The van der Waals surface area contributed by atoms with Crippen LogP contribution in [-0.2, 0) is 6.42 Å². The first-order valence-corrected chi connectivity index (χ1v) is 5.69. The van der Waals surface area contributed by atoms with Gasteiger partial charge in [0.25, 0.3) is 0 Å². The summed E-state index contributed by atoms with van der Waals surface area (Å²) >= 11 is 0. The van der Waals surface area contributed by atoms with Gasteiger partial charge in [0.1, 0.15) is 11.8 Å². The van der Waals surface area contributed by atoms with E-state index >= 15 is 0 Å². The first-order valence-electron chi connectivity index (χ1n) is 5.69. The Kier molecular flexibility index (Phi) is 3.03. The zero-order chi connectivity index (χ0) is 11.7. The molecule has 0 spiro atoms. The van der Waals surface area contributed by atoms with Crippen LogP contribution < -0.4 is 4.84 Å². The summed E-state index contributed by atoms with van der Waals surface area (Å²) in [7, 11) is 0. The summed E-state index contributed by atoms with van der Waals surface area (Å²) in [5.41, 5.74) is 1.74. The Labute approximate surface area is 95.0 Å². The van der Waals surface area contributed by atoms with E-state index in [0.29, 0.717) is 5.75 Å². The molecule has 88 valence electrons. The molecule has 2 rings (SSSR count). The van der Waals surface area contributed by atoms with Crippen molar-refractivity contribution in [3.63, 3.8) is 0 Å².